The van der Waals surface area contributed by atoms with Crippen LogP contribution in [0.25, 0.3) is 0 Å². The summed E-state index contributed by atoms with van der Waals surface area (Å²) in [5, 5.41) is 18.2. The average Bonchev–Trinajstić information content (AvgIpc) is 2.26. The minimum Gasteiger partial charge on any atom is -0.491 e. The van der Waals surface area contributed by atoms with Gasteiger partial charge in [0.25, 0.3) is 0 Å². The lowest BCUT2D eigenvalue weighted by atomic mass is 10.1. The third-order valence-electron chi connectivity index (χ3n) is 2.47. The predicted octanol–water partition coefficient (Wildman–Crippen LogP) is 1.71. The molecule has 1 atom stereocenters. The summed E-state index contributed by atoms with van der Waals surface area (Å²) in [6.07, 6.45) is -0.483. The normalized spacial score (nSPS) is 12.5. The molecule has 0 bridgehead atoms. The zero-order chi connectivity index (χ0) is 12.8. The van der Waals surface area contributed by atoms with Crippen molar-refractivity contribution in [2.75, 3.05) is 6.61 Å². The number of rotatable bonds is 6. The van der Waals surface area contributed by atoms with Gasteiger partial charge < -0.3 is 14.9 Å². The number of aliphatic hydroxyl groups excluding tert-OH is 1. The van der Waals surface area contributed by atoms with Crippen molar-refractivity contribution in [3.63, 3.8) is 0 Å². The molecule has 0 heterocycles. The number of carboxylic acids is 1. The summed E-state index contributed by atoms with van der Waals surface area (Å²) in [4.78, 5) is 10.5. The molecule has 2 N–H and O–H groups in total. The van der Waals surface area contributed by atoms with Gasteiger partial charge in [-0.25, -0.2) is 0 Å². The molecule has 0 aliphatic rings. The number of ether oxygens (including phenoxy) is 1. The van der Waals surface area contributed by atoms with Crippen LogP contribution >= 0.6 is 0 Å². The van der Waals surface area contributed by atoms with Gasteiger partial charge >= 0.3 is 5.97 Å². The SMILES string of the molecule is CC(C)[C@H](O)COc1ccc(CC(=O)O)cc1. The zero-order valence-electron chi connectivity index (χ0n) is 10.1. The van der Waals surface area contributed by atoms with Crippen molar-refractivity contribution in [3.8, 4) is 5.75 Å². The van der Waals surface area contributed by atoms with Crippen molar-refractivity contribution in [1.82, 2.24) is 0 Å². The molecule has 0 aliphatic carbocycles. The van der Waals surface area contributed by atoms with Crippen LogP contribution in [0.15, 0.2) is 24.3 Å². The van der Waals surface area contributed by atoms with E-state index in [-0.39, 0.29) is 18.9 Å². The molecular weight excluding hydrogens is 220 g/mol. The van der Waals surface area contributed by atoms with Gasteiger partial charge in [0.05, 0.1) is 12.5 Å². The third-order valence-corrected chi connectivity index (χ3v) is 2.47. The van der Waals surface area contributed by atoms with E-state index in [9.17, 15) is 9.90 Å². The molecule has 0 saturated heterocycles. The quantitative estimate of drug-likeness (QED) is 0.791. The monoisotopic (exact) mass is 238 g/mol. The van der Waals surface area contributed by atoms with E-state index in [1.165, 1.54) is 0 Å². The highest BCUT2D eigenvalue weighted by atomic mass is 16.5. The first-order valence-corrected chi connectivity index (χ1v) is 5.60. The molecule has 0 saturated carbocycles. The van der Waals surface area contributed by atoms with Crippen LogP contribution in [0.1, 0.15) is 19.4 Å². The second kappa shape index (κ2) is 6.25. The van der Waals surface area contributed by atoms with Gasteiger partial charge in [0.1, 0.15) is 12.4 Å². The summed E-state index contributed by atoms with van der Waals surface area (Å²) in [7, 11) is 0. The maximum Gasteiger partial charge on any atom is 0.307 e. The highest BCUT2D eigenvalue weighted by Crippen LogP contribution is 2.14. The zero-order valence-corrected chi connectivity index (χ0v) is 10.1. The number of benzene rings is 1. The largest absolute Gasteiger partial charge is 0.491 e. The van der Waals surface area contributed by atoms with E-state index < -0.39 is 12.1 Å². The Labute approximate surface area is 101 Å². The fourth-order valence-electron chi connectivity index (χ4n) is 1.25. The van der Waals surface area contributed by atoms with Gasteiger partial charge in [-0.2, -0.15) is 0 Å². The minimum atomic E-state index is -0.853. The van der Waals surface area contributed by atoms with Crippen molar-refractivity contribution in [2.24, 2.45) is 5.92 Å². The highest BCUT2D eigenvalue weighted by molar-refractivity contribution is 5.70. The first-order chi connectivity index (χ1) is 7.99. The van der Waals surface area contributed by atoms with Crippen molar-refractivity contribution < 1.29 is 19.7 Å². The van der Waals surface area contributed by atoms with Gasteiger partial charge in [0, 0.05) is 0 Å². The predicted molar refractivity (Wildman–Crippen MR) is 64.1 cm³/mol. The van der Waals surface area contributed by atoms with E-state index in [4.69, 9.17) is 9.84 Å². The third kappa shape index (κ3) is 4.87. The van der Waals surface area contributed by atoms with Gasteiger partial charge in [0.2, 0.25) is 0 Å². The second-order valence-electron chi connectivity index (χ2n) is 4.34. The Balaban J connectivity index is 2.48. The standard InChI is InChI=1S/C13H18O4/c1-9(2)12(14)8-17-11-5-3-10(4-6-11)7-13(15)16/h3-6,9,12,14H,7-8H2,1-2H3,(H,15,16)/t12-/m1/s1. The van der Waals surface area contributed by atoms with Crippen molar-refractivity contribution >= 4 is 5.97 Å². The number of aliphatic carboxylic acids is 1. The van der Waals surface area contributed by atoms with Crippen LogP contribution in [-0.2, 0) is 11.2 Å². The molecule has 17 heavy (non-hydrogen) atoms. The highest BCUT2D eigenvalue weighted by Gasteiger charge is 2.09. The maximum absolute atomic E-state index is 10.5. The van der Waals surface area contributed by atoms with Crippen molar-refractivity contribution in [2.45, 2.75) is 26.4 Å². The molecule has 4 nitrogen and oxygen atoms in total. The van der Waals surface area contributed by atoms with Gasteiger partial charge in [0.15, 0.2) is 0 Å². The summed E-state index contributed by atoms with van der Waals surface area (Å²) >= 11 is 0. The lowest BCUT2D eigenvalue weighted by Gasteiger charge is -2.15. The molecule has 0 aliphatic heterocycles. The summed E-state index contributed by atoms with van der Waals surface area (Å²) in [5.41, 5.74) is 0.731. The molecular formula is C13H18O4. The molecule has 1 rings (SSSR count). The van der Waals surface area contributed by atoms with Crippen LogP contribution in [0, 0.1) is 5.92 Å². The first kappa shape index (κ1) is 13.5. The maximum atomic E-state index is 10.5. The molecule has 1 aromatic rings. The fourth-order valence-corrected chi connectivity index (χ4v) is 1.25. The Morgan fingerprint density at radius 2 is 1.88 bits per heavy atom. The fraction of sp³-hybridized carbons (Fsp3) is 0.462. The molecule has 94 valence electrons. The van der Waals surface area contributed by atoms with Crippen LogP contribution in [0.5, 0.6) is 5.75 Å². The molecule has 4 heteroatoms. The number of aliphatic hydroxyl groups is 1. The summed E-state index contributed by atoms with van der Waals surface area (Å²) < 4.78 is 5.39. The van der Waals surface area contributed by atoms with Crippen LogP contribution in [0.3, 0.4) is 0 Å². The number of carbonyl (C=O) groups is 1. The lowest BCUT2D eigenvalue weighted by molar-refractivity contribution is -0.136. The van der Waals surface area contributed by atoms with Gasteiger partial charge in [-0.05, 0) is 23.6 Å². The lowest BCUT2D eigenvalue weighted by Crippen LogP contribution is -2.23. The van der Waals surface area contributed by atoms with Crippen molar-refractivity contribution in [1.29, 1.82) is 0 Å². The smallest absolute Gasteiger partial charge is 0.307 e. The average molecular weight is 238 g/mol. The molecule has 1 aromatic carbocycles. The van der Waals surface area contributed by atoms with E-state index in [2.05, 4.69) is 0 Å². The van der Waals surface area contributed by atoms with E-state index in [0.29, 0.717) is 5.75 Å². The molecule has 0 spiro atoms. The topological polar surface area (TPSA) is 66.8 Å². The van der Waals surface area contributed by atoms with Crippen LogP contribution in [0.2, 0.25) is 0 Å². The van der Waals surface area contributed by atoms with Crippen LogP contribution in [0.4, 0.5) is 0 Å². The first-order valence-electron chi connectivity index (χ1n) is 5.60. The Hall–Kier alpha value is -1.55. The van der Waals surface area contributed by atoms with Crippen molar-refractivity contribution in [3.05, 3.63) is 29.8 Å². The van der Waals surface area contributed by atoms with E-state index in [0.717, 1.165) is 5.56 Å². The number of carboxylic acid groups (broad SMARTS) is 1. The van der Waals surface area contributed by atoms with Gasteiger partial charge in [-0.15, -0.1) is 0 Å². The molecule has 0 unspecified atom stereocenters. The van der Waals surface area contributed by atoms with Gasteiger partial charge in [-0.1, -0.05) is 26.0 Å². The Bertz CT molecular complexity index is 356. The van der Waals surface area contributed by atoms with E-state index in [1.54, 1.807) is 24.3 Å². The Kier molecular flexibility index (Phi) is 4.97. The van der Waals surface area contributed by atoms with E-state index >= 15 is 0 Å². The summed E-state index contributed by atoms with van der Waals surface area (Å²) in [6, 6.07) is 6.85. The molecule has 0 aromatic heterocycles. The van der Waals surface area contributed by atoms with Gasteiger partial charge in [-0.3, -0.25) is 4.79 Å². The number of hydrogen-bond acceptors (Lipinski definition) is 3. The van der Waals surface area contributed by atoms with Crippen LogP contribution in [-0.4, -0.2) is 28.9 Å². The molecule has 0 amide bonds. The second-order valence-corrected chi connectivity index (χ2v) is 4.34. The Morgan fingerprint density at radius 1 is 1.29 bits per heavy atom. The summed E-state index contributed by atoms with van der Waals surface area (Å²) in [5.74, 6) is -0.0611. The van der Waals surface area contributed by atoms with E-state index in [1.807, 2.05) is 13.8 Å². The minimum absolute atomic E-state index is 0.00883. The number of hydrogen-bond donors (Lipinski definition) is 2. The summed E-state index contributed by atoms with van der Waals surface area (Å²) in [6.45, 7) is 4.09. The van der Waals surface area contributed by atoms with Crippen LogP contribution < -0.4 is 4.74 Å². The molecule has 0 radical (unpaired) electrons. The Morgan fingerprint density at radius 3 is 2.35 bits per heavy atom. The molecule has 0 fully saturated rings.